The maximum atomic E-state index is 5.77. The van der Waals surface area contributed by atoms with Crippen LogP contribution >= 0.6 is 0 Å². The molecule has 7 heteroatoms. The summed E-state index contributed by atoms with van der Waals surface area (Å²) in [4.78, 5) is 8.47. The quantitative estimate of drug-likeness (QED) is 0.609. The lowest BCUT2D eigenvalue weighted by Gasteiger charge is -2.08. The largest absolute Gasteiger partial charge is 0.384 e. The van der Waals surface area contributed by atoms with Crippen LogP contribution in [0.15, 0.2) is 55.1 Å². The van der Waals surface area contributed by atoms with Crippen molar-refractivity contribution in [2.45, 2.75) is 19.4 Å². The molecule has 0 saturated heterocycles. The third-order valence-corrected chi connectivity index (χ3v) is 3.94. The van der Waals surface area contributed by atoms with Crippen LogP contribution in [0.25, 0.3) is 17.0 Å². The van der Waals surface area contributed by atoms with Gasteiger partial charge in [0.2, 0.25) is 0 Å². The van der Waals surface area contributed by atoms with Gasteiger partial charge in [-0.15, -0.1) is 10.2 Å². The van der Waals surface area contributed by atoms with Gasteiger partial charge in [0, 0.05) is 43.3 Å². The molecule has 2 N–H and O–H groups in total. The van der Waals surface area contributed by atoms with Crippen LogP contribution in [-0.4, -0.2) is 29.1 Å². The van der Waals surface area contributed by atoms with Gasteiger partial charge >= 0.3 is 0 Å². The first kappa shape index (κ1) is 14.4. The van der Waals surface area contributed by atoms with E-state index in [2.05, 4.69) is 24.7 Å². The fourth-order valence-electron chi connectivity index (χ4n) is 2.81. The highest BCUT2D eigenvalue weighted by Gasteiger charge is 2.08. The molecule has 0 radical (unpaired) electrons. The number of rotatable bonds is 5. The zero-order chi connectivity index (χ0) is 16.4. The van der Waals surface area contributed by atoms with Gasteiger partial charge in [-0.3, -0.25) is 4.40 Å². The Bertz CT molecular complexity index is 970. The molecule has 7 nitrogen and oxygen atoms in total. The van der Waals surface area contributed by atoms with Crippen LogP contribution in [0.5, 0.6) is 0 Å². The Morgan fingerprint density at radius 2 is 1.96 bits per heavy atom. The van der Waals surface area contributed by atoms with E-state index in [9.17, 15) is 0 Å². The summed E-state index contributed by atoms with van der Waals surface area (Å²) >= 11 is 0. The molecule has 0 aliphatic rings. The summed E-state index contributed by atoms with van der Waals surface area (Å²) in [5, 5.41) is 8.45. The van der Waals surface area contributed by atoms with E-state index in [0.717, 1.165) is 42.2 Å². The van der Waals surface area contributed by atoms with Crippen LogP contribution in [0.2, 0.25) is 0 Å². The van der Waals surface area contributed by atoms with E-state index in [0.29, 0.717) is 5.82 Å². The van der Waals surface area contributed by atoms with Gasteiger partial charge in [-0.05, 0) is 30.7 Å². The van der Waals surface area contributed by atoms with Crippen molar-refractivity contribution in [1.29, 1.82) is 0 Å². The van der Waals surface area contributed by atoms with Gasteiger partial charge in [-0.25, -0.2) is 9.97 Å². The Kier molecular flexibility index (Phi) is 3.66. The number of aryl methyl sites for hydroxylation is 2. The zero-order valence-corrected chi connectivity index (χ0v) is 13.1. The minimum Gasteiger partial charge on any atom is -0.384 e. The number of nitrogens with two attached hydrogens (primary N) is 1. The number of nitrogen functional groups attached to an aromatic ring is 1. The number of hydrogen-bond donors (Lipinski definition) is 1. The third kappa shape index (κ3) is 2.71. The standard InChI is InChI=1S/C17H17N7/c18-14-12-13(6-7-19-14)17-20-8-11-23(17)9-3-5-16-22-21-15-4-1-2-10-24(15)16/h1-2,4,6-8,10-12H,3,5,9H2,(H2,18,19). The van der Waals surface area contributed by atoms with Crippen molar-refractivity contribution in [3.8, 4) is 11.4 Å². The summed E-state index contributed by atoms with van der Waals surface area (Å²) < 4.78 is 4.15. The van der Waals surface area contributed by atoms with Crippen LogP contribution < -0.4 is 5.73 Å². The van der Waals surface area contributed by atoms with Crippen molar-refractivity contribution >= 4 is 11.5 Å². The van der Waals surface area contributed by atoms with E-state index in [1.54, 1.807) is 12.4 Å². The summed E-state index contributed by atoms with van der Waals surface area (Å²) in [5.41, 5.74) is 7.62. The molecule has 120 valence electrons. The molecule has 4 aromatic rings. The molecular formula is C17H17N7. The van der Waals surface area contributed by atoms with Crippen LogP contribution in [0.4, 0.5) is 5.82 Å². The number of pyridine rings is 2. The van der Waals surface area contributed by atoms with E-state index in [1.165, 1.54) is 0 Å². The smallest absolute Gasteiger partial charge is 0.160 e. The van der Waals surface area contributed by atoms with Crippen molar-refractivity contribution in [2.75, 3.05) is 5.73 Å². The molecule has 24 heavy (non-hydrogen) atoms. The predicted octanol–water partition coefficient (Wildman–Crippen LogP) is 2.20. The maximum Gasteiger partial charge on any atom is 0.160 e. The first-order chi connectivity index (χ1) is 11.8. The van der Waals surface area contributed by atoms with Gasteiger partial charge in [-0.1, -0.05) is 6.07 Å². The van der Waals surface area contributed by atoms with Gasteiger partial charge in [0.05, 0.1) is 0 Å². The predicted molar refractivity (Wildman–Crippen MR) is 91.2 cm³/mol. The molecule has 0 spiro atoms. The number of nitrogens with zero attached hydrogens (tertiary/aromatic N) is 6. The van der Waals surface area contributed by atoms with Gasteiger partial charge in [0.15, 0.2) is 5.65 Å². The Morgan fingerprint density at radius 1 is 1.00 bits per heavy atom. The first-order valence-corrected chi connectivity index (χ1v) is 7.83. The zero-order valence-electron chi connectivity index (χ0n) is 13.1. The summed E-state index contributed by atoms with van der Waals surface area (Å²) in [7, 11) is 0. The molecule has 0 bridgehead atoms. The summed E-state index contributed by atoms with van der Waals surface area (Å²) in [5.74, 6) is 2.37. The number of anilines is 1. The molecular weight excluding hydrogens is 302 g/mol. The Morgan fingerprint density at radius 3 is 2.88 bits per heavy atom. The van der Waals surface area contributed by atoms with E-state index < -0.39 is 0 Å². The second-order valence-corrected chi connectivity index (χ2v) is 5.56. The fraction of sp³-hybridized carbons (Fsp3) is 0.176. The van der Waals surface area contributed by atoms with E-state index in [4.69, 9.17) is 5.73 Å². The summed E-state index contributed by atoms with van der Waals surface area (Å²) in [6.45, 7) is 0.847. The molecule has 0 unspecified atom stereocenters. The second-order valence-electron chi connectivity index (χ2n) is 5.56. The SMILES string of the molecule is Nc1cc(-c2nccn2CCCc2nnc3ccccn23)ccn1. The molecule has 0 aliphatic carbocycles. The minimum absolute atomic E-state index is 0.497. The average Bonchev–Trinajstić information content (AvgIpc) is 3.22. The van der Waals surface area contributed by atoms with Crippen molar-refractivity contribution in [3.63, 3.8) is 0 Å². The van der Waals surface area contributed by atoms with Crippen molar-refractivity contribution in [2.24, 2.45) is 0 Å². The number of aromatic nitrogens is 6. The molecule has 0 aliphatic heterocycles. The number of imidazole rings is 1. The lowest BCUT2D eigenvalue weighted by molar-refractivity contribution is 0.630. The van der Waals surface area contributed by atoms with Gasteiger partial charge < -0.3 is 10.3 Å². The molecule has 0 aromatic carbocycles. The van der Waals surface area contributed by atoms with Crippen molar-refractivity contribution < 1.29 is 0 Å². The second kappa shape index (κ2) is 6.11. The Hall–Kier alpha value is -3.22. The van der Waals surface area contributed by atoms with E-state index in [-0.39, 0.29) is 0 Å². The monoisotopic (exact) mass is 319 g/mol. The normalized spacial score (nSPS) is 11.2. The van der Waals surface area contributed by atoms with Gasteiger partial charge in [0.25, 0.3) is 0 Å². The third-order valence-electron chi connectivity index (χ3n) is 3.94. The lowest BCUT2D eigenvalue weighted by atomic mass is 10.2. The highest BCUT2D eigenvalue weighted by molar-refractivity contribution is 5.58. The molecule has 4 aromatic heterocycles. The topological polar surface area (TPSA) is 86.9 Å². The van der Waals surface area contributed by atoms with E-state index >= 15 is 0 Å². The molecule has 0 atom stereocenters. The van der Waals surface area contributed by atoms with Crippen LogP contribution in [-0.2, 0) is 13.0 Å². The average molecular weight is 319 g/mol. The number of fused-ring (bicyclic) bond motifs is 1. The van der Waals surface area contributed by atoms with Crippen LogP contribution in [0.3, 0.4) is 0 Å². The molecule has 4 heterocycles. The number of hydrogen-bond acceptors (Lipinski definition) is 5. The highest BCUT2D eigenvalue weighted by atomic mass is 15.2. The maximum absolute atomic E-state index is 5.77. The highest BCUT2D eigenvalue weighted by Crippen LogP contribution is 2.19. The van der Waals surface area contributed by atoms with Gasteiger partial charge in [0.1, 0.15) is 17.5 Å². The first-order valence-electron chi connectivity index (χ1n) is 7.83. The minimum atomic E-state index is 0.497. The molecule has 0 fully saturated rings. The van der Waals surface area contributed by atoms with Crippen molar-refractivity contribution in [3.05, 3.63) is 60.9 Å². The van der Waals surface area contributed by atoms with Gasteiger partial charge in [-0.2, -0.15) is 0 Å². The Balaban J connectivity index is 1.48. The molecule has 4 rings (SSSR count). The lowest BCUT2D eigenvalue weighted by Crippen LogP contribution is -2.03. The summed E-state index contributed by atoms with van der Waals surface area (Å²) in [6, 6.07) is 9.66. The van der Waals surface area contributed by atoms with Crippen molar-refractivity contribution in [1.82, 2.24) is 29.1 Å². The fourth-order valence-corrected chi connectivity index (χ4v) is 2.81. The van der Waals surface area contributed by atoms with E-state index in [1.807, 2.05) is 47.1 Å². The summed E-state index contributed by atoms with van der Waals surface area (Å²) in [6.07, 6.45) is 9.27. The van der Waals surface area contributed by atoms with Crippen LogP contribution in [0, 0.1) is 0 Å². The molecule has 0 amide bonds. The molecule has 0 saturated carbocycles. The Labute approximate surface area is 138 Å². The van der Waals surface area contributed by atoms with Crippen LogP contribution in [0.1, 0.15) is 12.2 Å².